The molecule has 1 aliphatic rings. The molecule has 0 aliphatic heterocycles. The molecule has 0 amide bonds. The molecule has 0 aromatic heterocycles. The first-order valence-corrected chi connectivity index (χ1v) is 7.21. The number of nitrogens with one attached hydrogen (secondary N) is 1. The molecule has 3 atom stereocenters. The van der Waals surface area contributed by atoms with Gasteiger partial charge in [-0.15, -0.1) is 0 Å². The molecule has 1 aromatic rings. The predicted molar refractivity (Wildman–Crippen MR) is 75.9 cm³/mol. The smallest absolute Gasteiger partial charge is 0.0294 e. The molecule has 0 saturated heterocycles. The monoisotopic (exact) mass is 296 g/mol. The van der Waals surface area contributed by atoms with Crippen LogP contribution in [0.5, 0.6) is 0 Å². The van der Waals surface area contributed by atoms with Crippen molar-refractivity contribution in [1.29, 1.82) is 0 Å². The maximum atomic E-state index is 6.02. The van der Waals surface area contributed by atoms with Crippen molar-refractivity contribution in [2.24, 2.45) is 5.73 Å². The predicted octanol–water partition coefficient (Wildman–Crippen LogP) is 3.37. The quantitative estimate of drug-likeness (QED) is 0.897. The summed E-state index contributed by atoms with van der Waals surface area (Å²) in [6.45, 7) is 2.22. The molecule has 0 bridgehead atoms. The minimum atomic E-state index is 0.385. The van der Waals surface area contributed by atoms with Crippen LogP contribution < -0.4 is 11.1 Å². The van der Waals surface area contributed by atoms with Crippen LogP contribution in [-0.4, -0.2) is 12.1 Å². The summed E-state index contributed by atoms with van der Waals surface area (Å²) in [7, 11) is 0. The molecule has 1 fully saturated rings. The Hall–Kier alpha value is -0.380. The Bertz CT molecular complexity index is 367. The van der Waals surface area contributed by atoms with E-state index < -0.39 is 0 Å². The van der Waals surface area contributed by atoms with Crippen molar-refractivity contribution in [3.8, 4) is 0 Å². The Kier molecular flexibility index (Phi) is 4.60. The van der Waals surface area contributed by atoms with Crippen LogP contribution >= 0.6 is 15.9 Å². The van der Waals surface area contributed by atoms with Gasteiger partial charge in [0, 0.05) is 22.6 Å². The van der Waals surface area contributed by atoms with E-state index in [9.17, 15) is 0 Å². The van der Waals surface area contributed by atoms with E-state index in [1.54, 1.807) is 0 Å². The van der Waals surface area contributed by atoms with E-state index >= 15 is 0 Å². The van der Waals surface area contributed by atoms with E-state index in [0.29, 0.717) is 18.1 Å². The Balaban J connectivity index is 1.94. The van der Waals surface area contributed by atoms with Gasteiger partial charge < -0.3 is 11.1 Å². The van der Waals surface area contributed by atoms with Crippen LogP contribution in [0.4, 0.5) is 0 Å². The summed E-state index contributed by atoms with van der Waals surface area (Å²) in [5.74, 6) is 0. The molecule has 3 heteroatoms. The van der Waals surface area contributed by atoms with Gasteiger partial charge >= 0.3 is 0 Å². The molecular formula is C14H21BrN2. The number of nitrogens with two attached hydrogens (primary N) is 1. The van der Waals surface area contributed by atoms with Crippen molar-refractivity contribution >= 4 is 15.9 Å². The molecule has 3 N–H and O–H groups in total. The van der Waals surface area contributed by atoms with Crippen molar-refractivity contribution in [1.82, 2.24) is 5.32 Å². The SMILES string of the molecule is CC(NC1CCCC(N)C1)c1cccc(Br)c1. The summed E-state index contributed by atoms with van der Waals surface area (Å²) in [5, 5.41) is 3.69. The van der Waals surface area contributed by atoms with E-state index in [4.69, 9.17) is 5.73 Å². The molecule has 1 saturated carbocycles. The van der Waals surface area contributed by atoms with Crippen molar-refractivity contribution in [3.63, 3.8) is 0 Å². The Morgan fingerprint density at radius 2 is 2.24 bits per heavy atom. The van der Waals surface area contributed by atoms with Crippen LogP contribution in [-0.2, 0) is 0 Å². The second kappa shape index (κ2) is 5.98. The number of hydrogen-bond acceptors (Lipinski definition) is 2. The minimum absolute atomic E-state index is 0.385. The number of halogens is 1. The third-order valence-electron chi connectivity index (χ3n) is 3.55. The van der Waals surface area contributed by atoms with Crippen molar-refractivity contribution < 1.29 is 0 Å². The highest BCUT2D eigenvalue weighted by Gasteiger charge is 2.20. The normalized spacial score (nSPS) is 26.8. The van der Waals surface area contributed by atoms with Crippen LogP contribution in [0.25, 0.3) is 0 Å². The number of rotatable bonds is 3. The lowest BCUT2D eigenvalue weighted by atomic mass is 9.91. The molecule has 1 aliphatic carbocycles. The van der Waals surface area contributed by atoms with Crippen LogP contribution in [0.2, 0.25) is 0 Å². The zero-order valence-electron chi connectivity index (χ0n) is 10.3. The molecule has 17 heavy (non-hydrogen) atoms. The summed E-state index contributed by atoms with van der Waals surface area (Å²) in [6, 6.07) is 9.86. The first-order chi connectivity index (χ1) is 8.15. The lowest BCUT2D eigenvalue weighted by Crippen LogP contribution is -2.40. The summed E-state index contributed by atoms with van der Waals surface area (Å²) in [6.07, 6.45) is 4.80. The molecule has 2 rings (SSSR count). The molecular weight excluding hydrogens is 276 g/mol. The van der Waals surface area contributed by atoms with Crippen molar-refractivity contribution in [2.45, 2.75) is 50.7 Å². The lowest BCUT2D eigenvalue weighted by Gasteiger charge is -2.30. The highest BCUT2D eigenvalue weighted by molar-refractivity contribution is 9.10. The van der Waals surface area contributed by atoms with Gasteiger partial charge in [-0.05, 0) is 43.9 Å². The largest absolute Gasteiger partial charge is 0.328 e. The zero-order chi connectivity index (χ0) is 12.3. The van der Waals surface area contributed by atoms with E-state index in [0.717, 1.165) is 10.9 Å². The van der Waals surface area contributed by atoms with E-state index in [2.05, 4.69) is 52.4 Å². The van der Waals surface area contributed by atoms with Gasteiger partial charge in [-0.3, -0.25) is 0 Å². The molecule has 3 unspecified atom stereocenters. The van der Waals surface area contributed by atoms with E-state index in [1.807, 2.05) is 0 Å². The van der Waals surface area contributed by atoms with E-state index in [-0.39, 0.29) is 0 Å². The highest BCUT2D eigenvalue weighted by atomic mass is 79.9. The summed E-state index contributed by atoms with van der Waals surface area (Å²) < 4.78 is 1.14. The minimum Gasteiger partial charge on any atom is -0.328 e. The van der Waals surface area contributed by atoms with E-state index in [1.165, 1.54) is 24.8 Å². The van der Waals surface area contributed by atoms with Gasteiger partial charge in [0.1, 0.15) is 0 Å². The Morgan fingerprint density at radius 3 is 2.94 bits per heavy atom. The summed E-state index contributed by atoms with van der Waals surface area (Å²) in [4.78, 5) is 0. The third-order valence-corrected chi connectivity index (χ3v) is 4.04. The third kappa shape index (κ3) is 3.80. The summed E-state index contributed by atoms with van der Waals surface area (Å²) in [5.41, 5.74) is 7.35. The molecule has 0 radical (unpaired) electrons. The first-order valence-electron chi connectivity index (χ1n) is 6.42. The molecule has 94 valence electrons. The van der Waals surface area contributed by atoms with Crippen LogP contribution in [0.1, 0.15) is 44.2 Å². The maximum Gasteiger partial charge on any atom is 0.0294 e. The molecule has 0 spiro atoms. The van der Waals surface area contributed by atoms with Gasteiger partial charge in [0.15, 0.2) is 0 Å². The standard InChI is InChI=1S/C14H21BrN2/c1-10(11-4-2-5-12(15)8-11)17-14-7-3-6-13(16)9-14/h2,4-5,8,10,13-14,17H,3,6-7,9,16H2,1H3. The zero-order valence-corrected chi connectivity index (χ0v) is 11.9. The fourth-order valence-electron chi connectivity index (χ4n) is 2.60. The fraction of sp³-hybridized carbons (Fsp3) is 0.571. The van der Waals surface area contributed by atoms with Crippen molar-refractivity contribution in [3.05, 3.63) is 34.3 Å². The van der Waals surface area contributed by atoms with Gasteiger partial charge in [0.2, 0.25) is 0 Å². The van der Waals surface area contributed by atoms with Gasteiger partial charge in [-0.2, -0.15) is 0 Å². The maximum absolute atomic E-state index is 6.02. The molecule has 2 nitrogen and oxygen atoms in total. The Labute approximate surface area is 112 Å². The van der Waals surface area contributed by atoms with Gasteiger partial charge in [-0.1, -0.05) is 34.5 Å². The number of hydrogen-bond donors (Lipinski definition) is 2. The average Bonchev–Trinajstić information content (AvgIpc) is 2.29. The Morgan fingerprint density at radius 1 is 1.41 bits per heavy atom. The first kappa shape index (κ1) is 13.1. The van der Waals surface area contributed by atoms with Crippen LogP contribution in [0.3, 0.4) is 0 Å². The fourth-order valence-corrected chi connectivity index (χ4v) is 3.02. The van der Waals surface area contributed by atoms with Crippen molar-refractivity contribution in [2.75, 3.05) is 0 Å². The lowest BCUT2D eigenvalue weighted by molar-refractivity contribution is 0.319. The van der Waals surface area contributed by atoms with Crippen LogP contribution in [0, 0.1) is 0 Å². The molecule has 1 aromatic carbocycles. The topological polar surface area (TPSA) is 38.0 Å². The second-order valence-electron chi connectivity index (χ2n) is 5.07. The molecule has 0 heterocycles. The highest BCUT2D eigenvalue weighted by Crippen LogP contribution is 2.22. The average molecular weight is 297 g/mol. The second-order valence-corrected chi connectivity index (χ2v) is 5.98. The van der Waals surface area contributed by atoms with Gasteiger partial charge in [0.05, 0.1) is 0 Å². The van der Waals surface area contributed by atoms with Gasteiger partial charge in [-0.25, -0.2) is 0 Å². The summed E-state index contributed by atoms with van der Waals surface area (Å²) >= 11 is 3.52. The van der Waals surface area contributed by atoms with Gasteiger partial charge in [0.25, 0.3) is 0 Å². The van der Waals surface area contributed by atoms with Crippen LogP contribution in [0.15, 0.2) is 28.7 Å². The number of benzene rings is 1.